The van der Waals surface area contributed by atoms with Crippen LogP contribution in [-0.4, -0.2) is 28.6 Å². The van der Waals surface area contributed by atoms with Crippen molar-refractivity contribution in [2.45, 2.75) is 32.9 Å². The molecule has 0 amide bonds. The maximum atomic E-state index is 4.70. The van der Waals surface area contributed by atoms with Crippen molar-refractivity contribution in [2.75, 3.05) is 13.1 Å². The molecule has 23 heavy (non-hydrogen) atoms. The Bertz CT molecular complexity index is 629. The van der Waals surface area contributed by atoms with Crippen molar-refractivity contribution < 1.29 is 0 Å². The Morgan fingerprint density at radius 1 is 1.30 bits per heavy atom. The maximum Gasteiger partial charge on any atom is 0.191 e. The van der Waals surface area contributed by atoms with Gasteiger partial charge in [0.1, 0.15) is 0 Å². The fraction of sp³-hybridized carbons (Fsp3) is 0.444. The number of hydrogen-bond acceptors (Lipinski definition) is 2. The van der Waals surface area contributed by atoms with Gasteiger partial charge in [-0.3, -0.25) is 0 Å². The molecule has 1 aliphatic rings. The van der Waals surface area contributed by atoms with Crippen LogP contribution in [-0.2, 0) is 13.1 Å². The van der Waals surface area contributed by atoms with E-state index >= 15 is 0 Å². The Morgan fingerprint density at radius 2 is 2.17 bits per heavy atom. The van der Waals surface area contributed by atoms with Gasteiger partial charge in [-0.25, -0.2) is 9.98 Å². The Labute approximate surface area is 137 Å². The second-order valence-electron chi connectivity index (χ2n) is 6.07. The summed E-state index contributed by atoms with van der Waals surface area (Å²) in [4.78, 5) is 8.78. The van der Waals surface area contributed by atoms with Gasteiger partial charge in [-0.05, 0) is 36.8 Å². The first-order valence-corrected chi connectivity index (χ1v) is 8.39. The largest absolute Gasteiger partial charge is 0.357 e. The zero-order valence-electron chi connectivity index (χ0n) is 13.7. The topological polar surface area (TPSA) is 54.2 Å². The lowest BCUT2D eigenvalue weighted by atomic mass is 10.1. The van der Waals surface area contributed by atoms with Gasteiger partial charge >= 0.3 is 0 Å². The average Bonchev–Trinajstić information content (AvgIpc) is 3.26. The smallest absolute Gasteiger partial charge is 0.191 e. The zero-order chi connectivity index (χ0) is 15.9. The van der Waals surface area contributed by atoms with Crippen molar-refractivity contribution in [3.63, 3.8) is 0 Å². The third-order valence-corrected chi connectivity index (χ3v) is 3.93. The fourth-order valence-electron chi connectivity index (χ4n) is 2.49. The van der Waals surface area contributed by atoms with Crippen LogP contribution in [0.25, 0.3) is 0 Å². The minimum absolute atomic E-state index is 0.692. The van der Waals surface area contributed by atoms with Crippen LogP contribution in [0.1, 0.15) is 30.9 Å². The minimum atomic E-state index is 0.692. The minimum Gasteiger partial charge on any atom is -0.357 e. The summed E-state index contributed by atoms with van der Waals surface area (Å²) in [5.41, 5.74) is 2.50. The van der Waals surface area contributed by atoms with Gasteiger partial charge in [0.2, 0.25) is 0 Å². The van der Waals surface area contributed by atoms with Crippen LogP contribution in [0.15, 0.2) is 48.0 Å². The number of guanidine groups is 1. The number of aromatic nitrogens is 2. The molecule has 2 N–H and O–H groups in total. The maximum absolute atomic E-state index is 4.70. The molecule has 0 radical (unpaired) electrons. The van der Waals surface area contributed by atoms with Crippen molar-refractivity contribution in [3.8, 4) is 0 Å². The molecule has 1 heterocycles. The molecule has 5 heteroatoms. The zero-order valence-corrected chi connectivity index (χ0v) is 13.7. The first-order valence-electron chi connectivity index (χ1n) is 8.39. The SMILES string of the molecule is CCNC(=NCc1cccc(Cn2ccnc2)c1)NCC1CC1. The highest BCUT2D eigenvalue weighted by Crippen LogP contribution is 2.27. The van der Waals surface area contributed by atoms with E-state index in [9.17, 15) is 0 Å². The van der Waals surface area contributed by atoms with Gasteiger partial charge in [-0.1, -0.05) is 24.3 Å². The van der Waals surface area contributed by atoms with E-state index in [4.69, 9.17) is 4.99 Å². The second-order valence-corrected chi connectivity index (χ2v) is 6.07. The van der Waals surface area contributed by atoms with Crippen molar-refractivity contribution in [3.05, 3.63) is 54.1 Å². The van der Waals surface area contributed by atoms with Crippen LogP contribution in [0.4, 0.5) is 0 Å². The number of hydrogen-bond donors (Lipinski definition) is 2. The first-order chi connectivity index (χ1) is 11.3. The Kier molecular flexibility index (Phi) is 5.29. The van der Waals surface area contributed by atoms with E-state index < -0.39 is 0 Å². The summed E-state index contributed by atoms with van der Waals surface area (Å²) in [5, 5.41) is 6.74. The van der Waals surface area contributed by atoms with Crippen LogP contribution >= 0.6 is 0 Å². The molecule has 1 aliphatic carbocycles. The van der Waals surface area contributed by atoms with Crippen LogP contribution in [0.2, 0.25) is 0 Å². The van der Waals surface area contributed by atoms with Gasteiger partial charge < -0.3 is 15.2 Å². The molecule has 0 unspecified atom stereocenters. The van der Waals surface area contributed by atoms with Gasteiger partial charge in [0, 0.05) is 32.0 Å². The molecule has 1 fully saturated rings. The molecule has 2 aromatic rings. The number of nitrogens with zero attached hydrogens (tertiary/aromatic N) is 3. The number of rotatable bonds is 7. The molecule has 0 bridgehead atoms. The van der Waals surface area contributed by atoms with Gasteiger partial charge in [0.05, 0.1) is 12.9 Å². The van der Waals surface area contributed by atoms with Crippen molar-refractivity contribution in [1.82, 2.24) is 20.2 Å². The molecule has 0 aliphatic heterocycles. The lowest BCUT2D eigenvalue weighted by Gasteiger charge is -2.11. The Hall–Kier alpha value is -2.30. The van der Waals surface area contributed by atoms with E-state index in [1.165, 1.54) is 24.0 Å². The molecule has 5 nitrogen and oxygen atoms in total. The molecule has 0 spiro atoms. The fourth-order valence-corrected chi connectivity index (χ4v) is 2.49. The molecule has 3 rings (SSSR count). The molecule has 1 aromatic carbocycles. The van der Waals surface area contributed by atoms with Crippen molar-refractivity contribution in [1.29, 1.82) is 0 Å². The van der Waals surface area contributed by atoms with Gasteiger partial charge in [0.15, 0.2) is 5.96 Å². The summed E-state index contributed by atoms with van der Waals surface area (Å²) in [5.74, 6) is 1.76. The van der Waals surface area contributed by atoms with Crippen LogP contribution < -0.4 is 10.6 Å². The summed E-state index contributed by atoms with van der Waals surface area (Å²) in [6, 6.07) is 8.59. The van der Waals surface area contributed by atoms with Crippen molar-refractivity contribution >= 4 is 5.96 Å². The molecule has 0 saturated heterocycles. The van der Waals surface area contributed by atoms with Gasteiger partial charge in [-0.15, -0.1) is 0 Å². The van der Waals surface area contributed by atoms with Crippen LogP contribution in [0.3, 0.4) is 0 Å². The first kappa shape index (κ1) is 15.6. The predicted molar refractivity (Wildman–Crippen MR) is 93.3 cm³/mol. The summed E-state index contributed by atoms with van der Waals surface area (Å²) < 4.78 is 2.07. The summed E-state index contributed by atoms with van der Waals surface area (Å²) in [7, 11) is 0. The standard InChI is InChI=1S/C18H25N5/c1-2-20-18(21-11-15-6-7-15)22-12-16-4-3-5-17(10-16)13-23-9-8-19-14-23/h3-5,8-10,14-15H,2,6-7,11-13H2,1H3,(H2,20,21,22). The highest BCUT2D eigenvalue weighted by Gasteiger charge is 2.20. The lowest BCUT2D eigenvalue weighted by molar-refractivity contribution is 0.739. The molecule has 0 atom stereocenters. The normalized spacial score (nSPS) is 14.7. The number of nitrogens with one attached hydrogen (secondary N) is 2. The van der Waals surface area contributed by atoms with E-state index in [0.717, 1.165) is 31.5 Å². The molecular formula is C18H25N5. The summed E-state index contributed by atoms with van der Waals surface area (Å²) in [6.07, 6.45) is 8.33. The Morgan fingerprint density at radius 3 is 2.91 bits per heavy atom. The van der Waals surface area contributed by atoms with E-state index in [-0.39, 0.29) is 0 Å². The van der Waals surface area contributed by atoms with E-state index in [0.29, 0.717) is 6.54 Å². The van der Waals surface area contributed by atoms with Crippen LogP contribution in [0, 0.1) is 5.92 Å². The third kappa shape index (κ3) is 5.13. The van der Waals surface area contributed by atoms with E-state index in [2.05, 4.69) is 51.4 Å². The molecular weight excluding hydrogens is 286 g/mol. The molecule has 1 aromatic heterocycles. The monoisotopic (exact) mass is 311 g/mol. The highest BCUT2D eigenvalue weighted by molar-refractivity contribution is 5.79. The number of benzene rings is 1. The van der Waals surface area contributed by atoms with E-state index in [1.807, 2.05) is 18.7 Å². The number of imidazole rings is 1. The lowest BCUT2D eigenvalue weighted by Crippen LogP contribution is -2.38. The summed E-state index contributed by atoms with van der Waals surface area (Å²) >= 11 is 0. The average molecular weight is 311 g/mol. The second kappa shape index (κ2) is 7.81. The highest BCUT2D eigenvalue weighted by atomic mass is 15.2. The predicted octanol–water partition coefficient (Wildman–Crippen LogP) is 2.40. The van der Waals surface area contributed by atoms with Gasteiger partial charge in [0.25, 0.3) is 0 Å². The quantitative estimate of drug-likeness (QED) is 0.610. The molecule has 1 saturated carbocycles. The third-order valence-electron chi connectivity index (χ3n) is 3.93. The number of aliphatic imine (C=N–C) groups is 1. The van der Waals surface area contributed by atoms with Crippen LogP contribution in [0.5, 0.6) is 0 Å². The molecule has 122 valence electrons. The summed E-state index contributed by atoms with van der Waals surface area (Å²) in [6.45, 7) is 5.55. The Balaban J connectivity index is 1.59. The van der Waals surface area contributed by atoms with E-state index in [1.54, 1.807) is 0 Å². The van der Waals surface area contributed by atoms with Gasteiger partial charge in [-0.2, -0.15) is 0 Å². The van der Waals surface area contributed by atoms with Crippen molar-refractivity contribution in [2.24, 2.45) is 10.9 Å².